The topological polar surface area (TPSA) is 61.2 Å². The Morgan fingerprint density at radius 2 is 1.88 bits per heavy atom. The average molecular weight is 366 g/mol. The van der Waals surface area contributed by atoms with Crippen LogP contribution in [-0.4, -0.2) is 22.1 Å². The van der Waals surface area contributed by atoms with Gasteiger partial charge < -0.3 is 4.74 Å². The first-order chi connectivity index (χ1) is 12.3. The van der Waals surface area contributed by atoms with Crippen LogP contribution >= 0.6 is 0 Å². The van der Waals surface area contributed by atoms with Crippen LogP contribution in [0.25, 0.3) is 16.7 Å². The number of carbonyl (C=O) groups is 1. The van der Waals surface area contributed by atoms with Crippen molar-refractivity contribution in [2.45, 2.75) is 6.92 Å². The third-order valence-corrected chi connectivity index (χ3v) is 3.55. The summed E-state index contributed by atoms with van der Waals surface area (Å²) in [5.74, 6) is -5.89. The molecule has 3 aromatic rings. The van der Waals surface area contributed by atoms with Crippen LogP contribution in [0.1, 0.15) is 17.3 Å². The minimum Gasteiger partial charge on any atom is -0.462 e. The van der Waals surface area contributed by atoms with Gasteiger partial charge in [-0.1, -0.05) is 0 Å². The van der Waals surface area contributed by atoms with Gasteiger partial charge in [0.15, 0.2) is 11.5 Å². The summed E-state index contributed by atoms with van der Waals surface area (Å²) in [5, 5.41) is -0.460. The van der Waals surface area contributed by atoms with Crippen LogP contribution in [0.2, 0.25) is 0 Å². The van der Waals surface area contributed by atoms with Gasteiger partial charge in [0, 0.05) is 12.3 Å². The number of rotatable bonds is 3. The van der Waals surface area contributed by atoms with E-state index in [1.165, 1.54) is 6.92 Å². The standard InChI is InChI=1S/C17H10F4N2O3/c1-2-26-17(25)10-7-23(13-4-3-8(18)5-11(13)19)16-9(14(10)24)6-12(20)15(21)22-16/h3-7H,2H2,1H3. The van der Waals surface area contributed by atoms with E-state index in [9.17, 15) is 27.2 Å². The molecule has 0 aliphatic carbocycles. The zero-order chi connectivity index (χ0) is 19.0. The second kappa shape index (κ2) is 6.58. The average Bonchev–Trinajstić information content (AvgIpc) is 2.58. The number of esters is 1. The van der Waals surface area contributed by atoms with Crippen molar-refractivity contribution in [1.82, 2.24) is 9.55 Å². The fourth-order valence-corrected chi connectivity index (χ4v) is 2.42. The molecule has 9 heteroatoms. The van der Waals surface area contributed by atoms with Gasteiger partial charge in [-0.15, -0.1) is 0 Å². The molecule has 0 saturated carbocycles. The van der Waals surface area contributed by atoms with Crippen molar-refractivity contribution in [1.29, 1.82) is 0 Å². The molecule has 0 unspecified atom stereocenters. The van der Waals surface area contributed by atoms with Gasteiger partial charge in [-0.25, -0.2) is 18.0 Å². The summed E-state index contributed by atoms with van der Waals surface area (Å²) >= 11 is 0. The molecule has 0 amide bonds. The second-order valence-corrected chi connectivity index (χ2v) is 5.19. The number of hydrogen-bond acceptors (Lipinski definition) is 4. The highest BCUT2D eigenvalue weighted by molar-refractivity contribution is 5.93. The number of carbonyl (C=O) groups excluding carboxylic acids is 1. The fraction of sp³-hybridized carbons (Fsp3) is 0.118. The summed E-state index contributed by atoms with van der Waals surface area (Å²) in [5.41, 5.74) is -2.24. The van der Waals surface area contributed by atoms with E-state index in [1.807, 2.05) is 0 Å². The van der Waals surface area contributed by atoms with Crippen LogP contribution in [0.4, 0.5) is 17.6 Å². The van der Waals surface area contributed by atoms with Gasteiger partial charge in [0.25, 0.3) is 5.95 Å². The number of pyridine rings is 2. The Kier molecular flexibility index (Phi) is 4.45. The van der Waals surface area contributed by atoms with Gasteiger partial charge in [-0.2, -0.15) is 9.37 Å². The summed E-state index contributed by atoms with van der Waals surface area (Å²) in [6.07, 6.45) is 0.892. The fourth-order valence-electron chi connectivity index (χ4n) is 2.42. The first-order valence-corrected chi connectivity index (χ1v) is 7.37. The third-order valence-electron chi connectivity index (χ3n) is 3.55. The maximum absolute atomic E-state index is 14.2. The molecule has 5 nitrogen and oxygen atoms in total. The molecule has 0 fully saturated rings. The summed E-state index contributed by atoms with van der Waals surface area (Å²) in [6, 6.07) is 3.04. The number of ether oxygens (including phenoxy) is 1. The van der Waals surface area contributed by atoms with Crippen LogP contribution in [0, 0.1) is 23.4 Å². The largest absolute Gasteiger partial charge is 0.462 e. The van der Waals surface area contributed by atoms with Crippen molar-refractivity contribution in [3.05, 3.63) is 69.6 Å². The quantitative estimate of drug-likeness (QED) is 0.406. The highest BCUT2D eigenvalue weighted by Crippen LogP contribution is 2.21. The molecule has 2 aromatic heterocycles. The molecule has 0 aliphatic rings. The summed E-state index contributed by atoms with van der Waals surface area (Å²) < 4.78 is 60.1. The minimum atomic E-state index is -1.52. The smallest absolute Gasteiger partial charge is 0.343 e. The number of aromatic nitrogens is 2. The lowest BCUT2D eigenvalue weighted by Gasteiger charge is -2.13. The molecule has 0 N–H and O–H groups in total. The van der Waals surface area contributed by atoms with Crippen molar-refractivity contribution in [3.8, 4) is 5.69 Å². The van der Waals surface area contributed by atoms with E-state index in [2.05, 4.69) is 4.98 Å². The maximum atomic E-state index is 14.2. The van der Waals surface area contributed by atoms with Gasteiger partial charge in [-0.3, -0.25) is 9.36 Å². The number of nitrogens with zero attached hydrogens (tertiary/aromatic N) is 2. The lowest BCUT2D eigenvalue weighted by molar-refractivity contribution is 0.0524. The van der Waals surface area contributed by atoms with E-state index in [0.29, 0.717) is 12.1 Å². The maximum Gasteiger partial charge on any atom is 0.343 e. The molecule has 0 aliphatic heterocycles. The van der Waals surface area contributed by atoms with Crippen LogP contribution in [0.15, 0.2) is 35.3 Å². The molecule has 3 rings (SSSR count). The van der Waals surface area contributed by atoms with Crippen molar-refractivity contribution < 1.29 is 27.1 Å². The first kappa shape index (κ1) is 17.6. The van der Waals surface area contributed by atoms with E-state index in [-0.39, 0.29) is 12.3 Å². The SMILES string of the molecule is CCOC(=O)c1cn(-c2ccc(F)cc2F)c2nc(F)c(F)cc2c1=O. The van der Waals surface area contributed by atoms with E-state index >= 15 is 0 Å². The van der Waals surface area contributed by atoms with Crippen molar-refractivity contribution in [2.24, 2.45) is 0 Å². The highest BCUT2D eigenvalue weighted by atomic mass is 19.2. The third kappa shape index (κ3) is 2.92. The summed E-state index contributed by atoms with van der Waals surface area (Å²) in [7, 11) is 0. The summed E-state index contributed by atoms with van der Waals surface area (Å²) in [6.45, 7) is 1.46. The highest BCUT2D eigenvalue weighted by Gasteiger charge is 2.21. The number of hydrogen-bond donors (Lipinski definition) is 0. The van der Waals surface area contributed by atoms with Gasteiger partial charge >= 0.3 is 5.97 Å². The van der Waals surface area contributed by atoms with Crippen LogP contribution in [0.3, 0.4) is 0 Å². The Labute approximate surface area is 143 Å². The van der Waals surface area contributed by atoms with Crippen LogP contribution in [-0.2, 0) is 4.74 Å². The van der Waals surface area contributed by atoms with Gasteiger partial charge in [0.05, 0.1) is 17.7 Å². The number of halogens is 4. The molecule has 1 aromatic carbocycles. The van der Waals surface area contributed by atoms with Crippen molar-refractivity contribution >= 4 is 17.0 Å². The molecule has 134 valence electrons. The Morgan fingerprint density at radius 1 is 1.15 bits per heavy atom. The first-order valence-electron chi connectivity index (χ1n) is 7.37. The number of fused-ring (bicyclic) bond motifs is 1. The normalized spacial score (nSPS) is 11.0. The monoisotopic (exact) mass is 366 g/mol. The molecule has 0 atom stereocenters. The Balaban J connectivity index is 2.43. The molecule has 0 saturated heterocycles. The lowest BCUT2D eigenvalue weighted by Crippen LogP contribution is -2.22. The Morgan fingerprint density at radius 3 is 2.54 bits per heavy atom. The van der Waals surface area contributed by atoms with Crippen molar-refractivity contribution in [2.75, 3.05) is 6.61 Å². The lowest BCUT2D eigenvalue weighted by atomic mass is 10.1. The zero-order valence-electron chi connectivity index (χ0n) is 13.2. The number of benzene rings is 1. The Bertz CT molecular complexity index is 1100. The predicted molar refractivity (Wildman–Crippen MR) is 83.1 cm³/mol. The van der Waals surface area contributed by atoms with Gasteiger partial charge in [0.2, 0.25) is 5.43 Å². The Hall–Kier alpha value is -3.23. The summed E-state index contributed by atoms with van der Waals surface area (Å²) in [4.78, 5) is 27.8. The molecular formula is C17H10F4N2O3. The minimum absolute atomic E-state index is 0.0444. The molecule has 0 radical (unpaired) electrons. The van der Waals surface area contributed by atoms with E-state index < -0.39 is 51.4 Å². The van der Waals surface area contributed by atoms with Gasteiger partial charge in [0.1, 0.15) is 17.2 Å². The zero-order valence-corrected chi connectivity index (χ0v) is 13.2. The van der Waals surface area contributed by atoms with Crippen LogP contribution in [0.5, 0.6) is 0 Å². The van der Waals surface area contributed by atoms with Crippen LogP contribution < -0.4 is 5.43 Å². The molecule has 2 heterocycles. The molecular weight excluding hydrogens is 356 g/mol. The molecule has 0 spiro atoms. The van der Waals surface area contributed by atoms with Crippen molar-refractivity contribution in [3.63, 3.8) is 0 Å². The van der Waals surface area contributed by atoms with Gasteiger partial charge in [-0.05, 0) is 25.1 Å². The van der Waals surface area contributed by atoms with E-state index in [1.54, 1.807) is 0 Å². The van der Waals surface area contributed by atoms with E-state index in [0.717, 1.165) is 22.9 Å². The van der Waals surface area contributed by atoms with E-state index in [4.69, 9.17) is 4.74 Å². The predicted octanol–water partition coefficient (Wildman–Crippen LogP) is 3.12. The molecule has 0 bridgehead atoms. The molecule has 26 heavy (non-hydrogen) atoms. The second-order valence-electron chi connectivity index (χ2n) is 5.19.